The molecular weight excluding hydrogens is 230 g/mol. The van der Waals surface area contributed by atoms with Gasteiger partial charge in [0.25, 0.3) is 0 Å². The van der Waals surface area contributed by atoms with Gasteiger partial charge in [0.05, 0.1) is 6.61 Å². The molecule has 0 heterocycles. The lowest BCUT2D eigenvalue weighted by atomic mass is 10.1. The van der Waals surface area contributed by atoms with Crippen molar-refractivity contribution in [1.29, 1.82) is 0 Å². The van der Waals surface area contributed by atoms with Gasteiger partial charge in [0.1, 0.15) is 5.75 Å². The molecule has 0 fully saturated rings. The minimum atomic E-state index is -0.288. The van der Waals surface area contributed by atoms with Crippen LogP contribution in [-0.4, -0.2) is 36.3 Å². The van der Waals surface area contributed by atoms with Gasteiger partial charge in [0.2, 0.25) is 0 Å². The van der Waals surface area contributed by atoms with Gasteiger partial charge in [0.15, 0.2) is 0 Å². The van der Waals surface area contributed by atoms with Crippen LogP contribution in [0, 0.1) is 6.92 Å². The molecule has 0 atom stereocenters. The molecule has 0 saturated heterocycles. The first-order chi connectivity index (χ1) is 8.54. The Morgan fingerprint density at radius 1 is 1.44 bits per heavy atom. The summed E-state index contributed by atoms with van der Waals surface area (Å²) in [6.45, 7) is 4.71. The highest BCUT2D eigenvalue weighted by Gasteiger charge is 2.08. The summed E-state index contributed by atoms with van der Waals surface area (Å²) in [6.07, 6.45) is 1.39. The third-order valence-corrected chi connectivity index (χ3v) is 2.81. The van der Waals surface area contributed by atoms with E-state index in [9.17, 15) is 9.90 Å². The number of nitrogens with zero attached hydrogens (tertiary/aromatic N) is 1. The zero-order chi connectivity index (χ0) is 13.5. The highest BCUT2D eigenvalue weighted by Crippen LogP contribution is 2.18. The molecule has 0 unspecified atom stereocenters. The molecule has 1 aromatic rings. The number of ether oxygens (including phenoxy) is 1. The number of carbonyl (C=O) groups excluding carboxylic acids is 1. The summed E-state index contributed by atoms with van der Waals surface area (Å²) < 4.78 is 4.89. The van der Waals surface area contributed by atoms with Crippen LogP contribution in [0.15, 0.2) is 18.2 Å². The Bertz CT molecular complexity index is 404. The minimum Gasteiger partial charge on any atom is -0.508 e. The molecule has 0 radical (unpaired) electrons. The van der Waals surface area contributed by atoms with Gasteiger partial charge < -0.3 is 14.7 Å². The molecule has 4 heteroatoms. The standard InChI is InChI=1S/C14H21NO3/c1-4-18-14(17)15(3)9-5-6-12-8-7-11(2)13(16)10-12/h7-8,10,16H,4-6,9H2,1-3H3. The summed E-state index contributed by atoms with van der Waals surface area (Å²) in [4.78, 5) is 12.9. The average molecular weight is 251 g/mol. The molecule has 1 amide bonds. The zero-order valence-corrected chi connectivity index (χ0v) is 11.3. The third-order valence-electron chi connectivity index (χ3n) is 2.81. The highest BCUT2D eigenvalue weighted by atomic mass is 16.5. The van der Waals surface area contributed by atoms with Gasteiger partial charge in [-0.2, -0.15) is 0 Å². The summed E-state index contributed by atoms with van der Waals surface area (Å²) in [7, 11) is 1.73. The van der Waals surface area contributed by atoms with Gasteiger partial charge >= 0.3 is 6.09 Å². The van der Waals surface area contributed by atoms with E-state index in [1.807, 2.05) is 19.1 Å². The predicted molar refractivity (Wildman–Crippen MR) is 70.8 cm³/mol. The number of hydrogen-bond acceptors (Lipinski definition) is 3. The second kappa shape index (κ2) is 6.89. The summed E-state index contributed by atoms with van der Waals surface area (Å²) in [6, 6.07) is 5.68. The van der Waals surface area contributed by atoms with E-state index in [-0.39, 0.29) is 6.09 Å². The summed E-state index contributed by atoms with van der Waals surface area (Å²) >= 11 is 0. The maximum Gasteiger partial charge on any atom is 0.409 e. The van der Waals surface area contributed by atoms with Crippen LogP contribution in [0.4, 0.5) is 4.79 Å². The normalized spacial score (nSPS) is 10.2. The molecule has 1 rings (SSSR count). The molecule has 4 nitrogen and oxygen atoms in total. The van der Waals surface area contributed by atoms with Gasteiger partial charge in [-0.15, -0.1) is 0 Å². The molecule has 1 aromatic carbocycles. The first-order valence-corrected chi connectivity index (χ1v) is 6.21. The van der Waals surface area contributed by atoms with Crippen molar-refractivity contribution in [1.82, 2.24) is 4.90 Å². The maximum absolute atomic E-state index is 11.3. The summed E-state index contributed by atoms with van der Waals surface area (Å²) in [5.74, 6) is 0.325. The van der Waals surface area contributed by atoms with Crippen LogP contribution in [0.2, 0.25) is 0 Å². The maximum atomic E-state index is 11.3. The van der Waals surface area contributed by atoms with Gasteiger partial charge in [-0.3, -0.25) is 0 Å². The number of hydrogen-bond donors (Lipinski definition) is 1. The van der Waals surface area contributed by atoms with E-state index >= 15 is 0 Å². The van der Waals surface area contributed by atoms with Gasteiger partial charge in [-0.1, -0.05) is 12.1 Å². The number of aromatic hydroxyl groups is 1. The fraction of sp³-hybridized carbons (Fsp3) is 0.500. The topological polar surface area (TPSA) is 49.8 Å². The average Bonchev–Trinajstić information content (AvgIpc) is 2.34. The Balaban J connectivity index is 2.37. The molecule has 0 aromatic heterocycles. The van der Waals surface area contributed by atoms with E-state index in [4.69, 9.17) is 4.74 Å². The Hall–Kier alpha value is -1.71. The van der Waals surface area contributed by atoms with Crippen LogP contribution in [0.1, 0.15) is 24.5 Å². The molecule has 18 heavy (non-hydrogen) atoms. The lowest BCUT2D eigenvalue weighted by molar-refractivity contribution is 0.116. The van der Waals surface area contributed by atoms with Gasteiger partial charge in [0, 0.05) is 13.6 Å². The Labute approximate surface area is 108 Å². The first-order valence-electron chi connectivity index (χ1n) is 6.21. The number of phenols is 1. The third kappa shape index (κ3) is 4.28. The van der Waals surface area contributed by atoms with Gasteiger partial charge in [-0.05, 0) is 43.9 Å². The molecule has 0 bridgehead atoms. The van der Waals surface area contributed by atoms with E-state index in [2.05, 4.69) is 0 Å². The van der Waals surface area contributed by atoms with E-state index in [1.54, 1.807) is 24.9 Å². The van der Waals surface area contributed by atoms with Crippen LogP contribution in [0.3, 0.4) is 0 Å². The number of phenolic OH excluding ortho intramolecular Hbond substituents is 1. The SMILES string of the molecule is CCOC(=O)N(C)CCCc1ccc(C)c(O)c1. The number of benzene rings is 1. The fourth-order valence-corrected chi connectivity index (χ4v) is 1.66. The fourth-order valence-electron chi connectivity index (χ4n) is 1.66. The molecule has 0 saturated carbocycles. The van der Waals surface area contributed by atoms with Crippen LogP contribution in [0.5, 0.6) is 5.75 Å². The first kappa shape index (κ1) is 14.4. The molecule has 0 spiro atoms. The van der Waals surface area contributed by atoms with Crippen molar-refractivity contribution in [2.45, 2.75) is 26.7 Å². The Morgan fingerprint density at radius 3 is 2.78 bits per heavy atom. The lowest BCUT2D eigenvalue weighted by Crippen LogP contribution is -2.28. The van der Waals surface area contributed by atoms with Crippen molar-refractivity contribution in [3.63, 3.8) is 0 Å². The number of amides is 1. The Morgan fingerprint density at radius 2 is 2.17 bits per heavy atom. The van der Waals surface area contributed by atoms with Crippen molar-refractivity contribution in [3.8, 4) is 5.75 Å². The molecule has 100 valence electrons. The second-order valence-corrected chi connectivity index (χ2v) is 4.34. The molecule has 1 N–H and O–H groups in total. The van der Waals surface area contributed by atoms with Crippen molar-refractivity contribution in [3.05, 3.63) is 29.3 Å². The van der Waals surface area contributed by atoms with Crippen LogP contribution < -0.4 is 0 Å². The van der Waals surface area contributed by atoms with Crippen molar-refractivity contribution in [2.24, 2.45) is 0 Å². The highest BCUT2D eigenvalue weighted by molar-refractivity contribution is 5.67. The quantitative estimate of drug-likeness (QED) is 0.875. The summed E-state index contributed by atoms with van der Waals surface area (Å²) in [5, 5.41) is 9.58. The van der Waals surface area contributed by atoms with E-state index in [0.717, 1.165) is 24.0 Å². The largest absolute Gasteiger partial charge is 0.508 e. The van der Waals surface area contributed by atoms with E-state index in [0.29, 0.717) is 18.9 Å². The van der Waals surface area contributed by atoms with Crippen molar-refractivity contribution in [2.75, 3.05) is 20.2 Å². The molecule has 0 aliphatic heterocycles. The van der Waals surface area contributed by atoms with Crippen LogP contribution in [-0.2, 0) is 11.2 Å². The van der Waals surface area contributed by atoms with Crippen LogP contribution in [0.25, 0.3) is 0 Å². The predicted octanol–water partition coefficient (Wildman–Crippen LogP) is 2.72. The van der Waals surface area contributed by atoms with Crippen molar-refractivity contribution >= 4 is 6.09 Å². The number of aryl methyl sites for hydroxylation is 2. The summed E-state index contributed by atoms with van der Waals surface area (Å²) in [5.41, 5.74) is 1.96. The van der Waals surface area contributed by atoms with Crippen LogP contribution >= 0.6 is 0 Å². The number of rotatable bonds is 5. The monoisotopic (exact) mass is 251 g/mol. The Kier molecular flexibility index (Phi) is 5.49. The van der Waals surface area contributed by atoms with Crippen molar-refractivity contribution < 1.29 is 14.6 Å². The minimum absolute atomic E-state index is 0.288. The second-order valence-electron chi connectivity index (χ2n) is 4.34. The molecule has 0 aliphatic carbocycles. The number of carbonyl (C=O) groups is 1. The lowest BCUT2D eigenvalue weighted by Gasteiger charge is -2.16. The zero-order valence-electron chi connectivity index (χ0n) is 11.3. The molecular formula is C14H21NO3. The smallest absolute Gasteiger partial charge is 0.409 e. The van der Waals surface area contributed by atoms with E-state index in [1.165, 1.54) is 0 Å². The van der Waals surface area contributed by atoms with Gasteiger partial charge in [-0.25, -0.2) is 4.79 Å². The molecule has 0 aliphatic rings. The van der Waals surface area contributed by atoms with E-state index < -0.39 is 0 Å².